The van der Waals surface area contributed by atoms with Crippen LogP contribution in [0.3, 0.4) is 0 Å². The van der Waals surface area contributed by atoms with E-state index < -0.39 is 18.5 Å². The number of anilines is 1. The van der Waals surface area contributed by atoms with Gasteiger partial charge in [-0.3, -0.25) is 19.7 Å². The van der Waals surface area contributed by atoms with Gasteiger partial charge in [0.05, 0.1) is 12.8 Å². The molecule has 1 N–H and O–H groups in total. The SMILES string of the molecule is COc1ccc(-c2csc(NC(=O)COC(=O)CN3CCSC3=O)n2)cc1. The number of hydrogen-bond acceptors (Lipinski definition) is 8. The molecule has 2 amide bonds. The molecule has 1 aliphatic rings. The van der Waals surface area contributed by atoms with Crippen molar-refractivity contribution in [2.45, 2.75) is 0 Å². The summed E-state index contributed by atoms with van der Waals surface area (Å²) < 4.78 is 10.0. The lowest BCUT2D eigenvalue weighted by molar-refractivity contribution is -0.147. The summed E-state index contributed by atoms with van der Waals surface area (Å²) in [6.07, 6.45) is 0. The maximum atomic E-state index is 11.9. The van der Waals surface area contributed by atoms with Crippen molar-refractivity contribution in [3.8, 4) is 17.0 Å². The fourth-order valence-corrected chi connectivity index (χ4v) is 3.86. The van der Waals surface area contributed by atoms with E-state index in [4.69, 9.17) is 9.47 Å². The number of thioether (sulfide) groups is 1. The van der Waals surface area contributed by atoms with Gasteiger partial charge in [0.1, 0.15) is 12.3 Å². The molecule has 0 saturated carbocycles. The highest BCUT2D eigenvalue weighted by atomic mass is 32.2. The molecule has 1 fully saturated rings. The molecular weight excluding hydrogens is 390 g/mol. The van der Waals surface area contributed by atoms with Crippen LogP contribution in [-0.4, -0.2) is 59.6 Å². The van der Waals surface area contributed by atoms with Crippen LogP contribution in [0.4, 0.5) is 9.93 Å². The molecule has 8 nitrogen and oxygen atoms in total. The summed E-state index contributed by atoms with van der Waals surface area (Å²) in [6, 6.07) is 7.41. The smallest absolute Gasteiger partial charge is 0.326 e. The summed E-state index contributed by atoms with van der Waals surface area (Å²) in [6.45, 7) is -0.0541. The van der Waals surface area contributed by atoms with Gasteiger partial charge in [-0.1, -0.05) is 11.8 Å². The lowest BCUT2D eigenvalue weighted by Gasteiger charge is -2.13. The van der Waals surface area contributed by atoms with E-state index in [0.717, 1.165) is 28.8 Å². The molecule has 0 bridgehead atoms. The Morgan fingerprint density at radius 1 is 1.30 bits per heavy atom. The van der Waals surface area contributed by atoms with Crippen LogP contribution in [0.5, 0.6) is 5.75 Å². The summed E-state index contributed by atoms with van der Waals surface area (Å²) in [5, 5.41) is 4.68. The minimum atomic E-state index is -0.612. The standard InChI is InChI=1S/C17H17N3O5S2/c1-24-12-4-2-11(3-5-12)13-10-27-16(18-13)19-14(21)9-25-15(22)8-20-6-7-26-17(20)23/h2-5,10H,6-9H2,1H3,(H,18,19,21). The Morgan fingerprint density at radius 3 is 2.74 bits per heavy atom. The van der Waals surface area contributed by atoms with Crippen molar-refractivity contribution in [3.05, 3.63) is 29.6 Å². The van der Waals surface area contributed by atoms with Crippen molar-refractivity contribution in [3.63, 3.8) is 0 Å². The Hall–Kier alpha value is -2.59. The second-order valence-corrected chi connectivity index (χ2v) is 7.42. The molecule has 10 heteroatoms. The third-order valence-corrected chi connectivity index (χ3v) is 5.32. The van der Waals surface area contributed by atoms with E-state index in [-0.39, 0.29) is 11.8 Å². The second-order valence-electron chi connectivity index (χ2n) is 5.51. The largest absolute Gasteiger partial charge is 0.497 e. The number of methoxy groups -OCH3 is 1. The van der Waals surface area contributed by atoms with Gasteiger partial charge in [0, 0.05) is 23.2 Å². The summed E-state index contributed by atoms with van der Waals surface area (Å²) in [5.41, 5.74) is 1.62. The molecule has 142 valence electrons. The highest BCUT2D eigenvalue weighted by Gasteiger charge is 2.24. The Labute approximate surface area is 163 Å². The first-order chi connectivity index (χ1) is 13.0. The number of nitrogens with zero attached hydrogens (tertiary/aromatic N) is 2. The minimum absolute atomic E-state index is 0.141. The molecule has 0 radical (unpaired) electrons. The van der Waals surface area contributed by atoms with E-state index in [0.29, 0.717) is 17.4 Å². The number of carbonyl (C=O) groups excluding carboxylic acids is 3. The van der Waals surface area contributed by atoms with Gasteiger partial charge in [-0.15, -0.1) is 11.3 Å². The molecular formula is C17H17N3O5S2. The summed E-state index contributed by atoms with van der Waals surface area (Å²) in [7, 11) is 1.60. The monoisotopic (exact) mass is 407 g/mol. The van der Waals surface area contributed by atoms with Gasteiger partial charge in [0.2, 0.25) is 0 Å². The van der Waals surface area contributed by atoms with E-state index in [1.54, 1.807) is 7.11 Å². The van der Waals surface area contributed by atoms with Crippen LogP contribution in [0.25, 0.3) is 11.3 Å². The normalized spacial score (nSPS) is 13.5. The van der Waals surface area contributed by atoms with Crippen LogP contribution in [0.1, 0.15) is 0 Å². The summed E-state index contributed by atoms with van der Waals surface area (Å²) in [4.78, 5) is 40.8. The highest BCUT2D eigenvalue weighted by Crippen LogP contribution is 2.26. The Kier molecular flexibility index (Phi) is 6.30. The number of benzene rings is 1. The maximum Gasteiger partial charge on any atom is 0.326 e. The van der Waals surface area contributed by atoms with E-state index in [1.165, 1.54) is 16.2 Å². The van der Waals surface area contributed by atoms with Crippen LogP contribution < -0.4 is 10.1 Å². The molecule has 3 rings (SSSR count). The van der Waals surface area contributed by atoms with E-state index in [2.05, 4.69) is 10.3 Å². The highest BCUT2D eigenvalue weighted by molar-refractivity contribution is 8.13. The predicted octanol–water partition coefficient (Wildman–Crippen LogP) is 2.47. The quantitative estimate of drug-likeness (QED) is 0.704. The predicted molar refractivity (Wildman–Crippen MR) is 103 cm³/mol. The number of rotatable bonds is 7. The number of aromatic nitrogens is 1. The topological polar surface area (TPSA) is 97.8 Å². The van der Waals surface area contributed by atoms with Crippen LogP contribution in [0.2, 0.25) is 0 Å². The van der Waals surface area contributed by atoms with Gasteiger partial charge in [-0.25, -0.2) is 4.98 Å². The first-order valence-electron chi connectivity index (χ1n) is 8.02. The Morgan fingerprint density at radius 2 is 2.07 bits per heavy atom. The van der Waals surface area contributed by atoms with E-state index in [9.17, 15) is 14.4 Å². The molecule has 2 heterocycles. The van der Waals surface area contributed by atoms with Gasteiger partial charge in [-0.2, -0.15) is 0 Å². The first-order valence-corrected chi connectivity index (χ1v) is 9.89. The van der Waals surface area contributed by atoms with Crippen molar-refractivity contribution in [2.75, 3.05) is 37.9 Å². The molecule has 27 heavy (non-hydrogen) atoms. The molecule has 0 spiro atoms. The van der Waals surface area contributed by atoms with Gasteiger partial charge in [0.15, 0.2) is 11.7 Å². The lowest BCUT2D eigenvalue weighted by Crippen LogP contribution is -2.32. The fourth-order valence-electron chi connectivity index (χ4n) is 2.30. The number of carbonyl (C=O) groups is 3. The number of thiazole rings is 1. The maximum absolute atomic E-state index is 11.9. The van der Waals surface area contributed by atoms with Gasteiger partial charge >= 0.3 is 5.97 Å². The molecule has 2 aromatic rings. The van der Waals surface area contributed by atoms with E-state index >= 15 is 0 Å². The third kappa shape index (κ3) is 5.20. The zero-order chi connectivity index (χ0) is 19.2. The number of hydrogen-bond donors (Lipinski definition) is 1. The van der Waals surface area contributed by atoms with Crippen molar-refractivity contribution in [1.29, 1.82) is 0 Å². The first kappa shape index (κ1) is 19.2. The average Bonchev–Trinajstić information content (AvgIpc) is 3.29. The zero-order valence-electron chi connectivity index (χ0n) is 14.5. The summed E-state index contributed by atoms with van der Waals surface area (Å²) >= 11 is 2.43. The number of amides is 2. The van der Waals surface area contributed by atoms with Crippen molar-refractivity contribution >= 4 is 45.3 Å². The van der Waals surface area contributed by atoms with Crippen molar-refractivity contribution in [1.82, 2.24) is 9.88 Å². The Balaban J connectivity index is 1.47. The van der Waals surface area contributed by atoms with Gasteiger partial charge < -0.3 is 14.4 Å². The molecule has 1 aliphatic heterocycles. The Bertz CT molecular complexity index is 837. The van der Waals surface area contributed by atoms with Crippen molar-refractivity contribution < 1.29 is 23.9 Å². The fraction of sp³-hybridized carbons (Fsp3) is 0.294. The van der Waals surface area contributed by atoms with Crippen LogP contribution in [0, 0.1) is 0 Å². The van der Waals surface area contributed by atoms with Crippen LogP contribution >= 0.6 is 23.1 Å². The molecule has 1 saturated heterocycles. The van der Waals surface area contributed by atoms with Gasteiger partial charge in [-0.05, 0) is 24.3 Å². The molecule has 0 atom stereocenters. The third-order valence-electron chi connectivity index (χ3n) is 3.67. The lowest BCUT2D eigenvalue weighted by atomic mass is 10.2. The number of ether oxygens (including phenoxy) is 2. The number of esters is 1. The number of nitrogens with one attached hydrogen (secondary N) is 1. The van der Waals surface area contributed by atoms with Crippen LogP contribution in [0.15, 0.2) is 29.6 Å². The van der Waals surface area contributed by atoms with E-state index in [1.807, 2.05) is 29.6 Å². The van der Waals surface area contributed by atoms with Crippen molar-refractivity contribution in [2.24, 2.45) is 0 Å². The second kappa shape index (κ2) is 8.87. The minimum Gasteiger partial charge on any atom is -0.497 e. The molecule has 1 aromatic carbocycles. The molecule has 1 aromatic heterocycles. The average molecular weight is 407 g/mol. The molecule has 0 unspecified atom stereocenters. The van der Waals surface area contributed by atoms with Crippen LogP contribution in [-0.2, 0) is 14.3 Å². The molecule has 0 aliphatic carbocycles. The summed E-state index contributed by atoms with van der Waals surface area (Å²) in [5.74, 6) is 0.311. The van der Waals surface area contributed by atoms with Gasteiger partial charge in [0.25, 0.3) is 11.1 Å². The zero-order valence-corrected chi connectivity index (χ0v) is 16.1.